The first-order valence-corrected chi connectivity index (χ1v) is 12.0. The van der Waals surface area contributed by atoms with E-state index in [1.54, 1.807) is 27.0 Å². The Hall–Kier alpha value is -3.04. The van der Waals surface area contributed by atoms with Crippen molar-refractivity contribution in [3.05, 3.63) is 63.0 Å². The zero-order valence-electron chi connectivity index (χ0n) is 18.2. The second kappa shape index (κ2) is 8.72. The van der Waals surface area contributed by atoms with Gasteiger partial charge in [0, 0.05) is 41.0 Å². The molecule has 0 saturated carbocycles. The Bertz CT molecular complexity index is 1270. The summed E-state index contributed by atoms with van der Waals surface area (Å²) in [6.45, 7) is 4.77. The average Bonchev–Trinajstić information content (AvgIpc) is 3.55. The number of fused-ring (bicyclic) bond motifs is 3. The molecule has 1 saturated heterocycles. The van der Waals surface area contributed by atoms with Crippen LogP contribution in [0, 0.1) is 0 Å². The molecule has 8 nitrogen and oxygen atoms in total. The Labute approximate surface area is 199 Å². The zero-order chi connectivity index (χ0) is 23.1. The van der Waals surface area contributed by atoms with Crippen molar-refractivity contribution < 1.29 is 14.3 Å². The molecule has 33 heavy (non-hydrogen) atoms. The Balaban J connectivity index is 1.71. The molecule has 0 aliphatic carbocycles. The van der Waals surface area contributed by atoms with Crippen LogP contribution in [0.4, 0.5) is 0 Å². The van der Waals surface area contributed by atoms with Gasteiger partial charge in [0.1, 0.15) is 5.00 Å². The molecule has 3 aromatic rings. The van der Waals surface area contributed by atoms with Gasteiger partial charge in [-0.1, -0.05) is 36.7 Å². The number of carbonyl (C=O) groups excluding carboxylic acids is 2. The normalized spacial score (nSPS) is 17.2. The Kier molecular flexibility index (Phi) is 5.76. The molecular formula is C23H22ClN5O3S. The molecule has 1 aromatic carbocycles. The second-order valence-corrected chi connectivity index (χ2v) is 9.43. The number of halogens is 1. The summed E-state index contributed by atoms with van der Waals surface area (Å²) in [6.07, 6.45) is 1.70. The van der Waals surface area contributed by atoms with Crippen LogP contribution in [0.5, 0.6) is 0 Å². The van der Waals surface area contributed by atoms with Gasteiger partial charge in [0.2, 0.25) is 5.82 Å². The first-order valence-electron chi connectivity index (χ1n) is 10.9. The molecule has 0 N–H and O–H groups in total. The fraction of sp³-hybridized carbons (Fsp3) is 0.348. The minimum atomic E-state index is -1.06. The van der Waals surface area contributed by atoms with E-state index in [0.29, 0.717) is 29.6 Å². The van der Waals surface area contributed by atoms with Crippen molar-refractivity contribution in [1.82, 2.24) is 19.7 Å². The van der Waals surface area contributed by atoms with Crippen LogP contribution < -0.4 is 0 Å². The number of thiophene rings is 1. The van der Waals surface area contributed by atoms with Crippen molar-refractivity contribution in [2.24, 2.45) is 4.99 Å². The number of aliphatic imine (C=N–C) groups is 1. The molecule has 4 heterocycles. The molecule has 2 aliphatic rings. The van der Waals surface area contributed by atoms with Crippen LogP contribution in [-0.2, 0) is 16.0 Å². The Morgan fingerprint density at radius 3 is 2.67 bits per heavy atom. The van der Waals surface area contributed by atoms with Crippen molar-refractivity contribution >= 4 is 40.5 Å². The Morgan fingerprint density at radius 2 is 1.97 bits per heavy atom. The summed E-state index contributed by atoms with van der Waals surface area (Å²) in [5, 5.41) is 5.88. The van der Waals surface area contributed by atoms with E-state index in [-0.39, 0.29) is 11.7 Å². The molecule has 0 bridgehead atoms. The first kappa shape index (κ1) is 21.8. The van der Waals surface area contributed by atoms with Crippen LogP contribution >= 0.6 is 22.9 Å². The van der Waals surface area contributed by atoms with Crippen molar-refractivity contribution in [2.75, 3.05) is 13.1 Å². The summed E-state index contributed by atoms with van der Waals surface area (Å²) < 4.78 is 7.15. The van der Waals surface area contributed by atoms with E-state index < -0.39 is 12.2 Å². The number of ether oxygens (including phenoxy) is 1. The standard InChI is InChI=1S/C23H22ClN5O3S/c1-3-14-12-16-18(15-8-4-5-9-17(15)24)25-21(32-13(2)30)20-26-19(27-29(20)23(16)33-14)22(31)28-10-6-7-11-28/h4-5,8-9,12,21H,3,6-7,10-11H2,1-2H3. The van der Waals surface area contributed by atoms with Crippen LogP contribution in [0.3, 0.4) is 0 Å². The number of hydrogen-bond acceptors (Lipinski definition) is 7. The largest absolute Gasteiger partial charge is 0.432 e. The lowest BCUT2D eigenvalue weighted by molar-refractivity contribution is -0.146. The van der Waals surface area contributed by atoms with Gasteiger partial charge in [-0.05, 0) is 31.4 Å². The lowest BCUT2D eigenvalue weighted by atomic mass is 10.0. The zero-order valence-corrected chi connectivity index (χ0v) is 19.8. The molecular weight excluding hydrogens is 462 g/mol. The Morgan fingerprint density at radius 1 is 1.21 bits per heavy atom. The number of likely N-dealkylation sites (tertiary alicyclic amines) is 1. The number of hydrogen-bond donors (Lipinski definition) is 0. The molecule has 2 aliphatic heterocycles. The summed E-state index contributed by atoms with van der Waals surface area (Å²) in [7, 11) is 0. The van der Waals surface area contributed by atoms with Gasteiger partial charge in [-0.2, -0.15) is 0 Å². The number of rotatable bonds is 4. The smallest absolute Gasteiger partial charge is 0.304 e. The van der Waals surface area contributed by atoms with Gasteiger partial charge in [0.25, 0.3) is 12.1 Å². The quantitative estimate of drug-likeness (QED) is 0.519. The highest BCUT2D eigenvalue weighted by Gasteiger charge is 2.34. The minimum absolute atomic E-state index is 0.0813. The molecule has 2 aromatic heterocycles. The van der Waals surface area contributed by atoms with Crippen LogP contribution in [-0.4, -0.2) is 50.3 Å². The third-order valence-corrected chi connectivity index (χ3v) is 7.23. The third-order valence-electron chi connectivity index (χ3n) is 5.65. The van der Waals surface area contributed by atoms with Crippen molar-refractivity contribution in [2.45, 2.75) is 39.3 Å². The maximum absolute atomic E-state index is 13.0. The maximum Gasteiger partial charge on any atom is 0.304 e. The summed E-state index contributed by atoms with van der Waals surface area (Å²) in [6, 6.07) is 9.45. The third kappa shape index (κ3) is 3.95. The molecule has 1 fully saturated rings. The van der Waals surface area contributed by atoms with E-state index in [4.69, 9.17) is 21.3 Å². The van der Waals surface area contributed by atoms with Gasteiger partial charge in [-0.3, -0.25) is 9.59 Å². The van der Waals surface area contributed by atoms with E-state index >= 15 is 0 Å². The van der Waals surface area contributed by atoms with E-state index in [0.717, 1.165) is 40.3 Å². The van der Waals surface area contributed by atoms with Crippen molar-refractivity contribution in [3.8, 4) is 5.00 Å². The second-order valence-electron chi connectivity index (χ2n) is 7.91. The van der Waals surface area contributed by atoms with Crippen LogP contribution in [0.2, 0.25) is 5.02 Å². The average molecular weight is 484 g/mol. The van der Waals surface area contributed by atoms with Crippen molar-refractivity contribution in [1.29, 1.82) is 0 Å². The van der Waals surface area contributed by atoms with E-state index in [9.17, 15) is 9.59 Å². The topological polar surface area (TPSA) is 89.7 Å². The fourth-order valence-corrected chi connectivity index (χ4v) is 5.35. The number of nitrogens with zero attached hydrogens (tertiary/aromatic N) is 5. The molecule has 1 amide bonds. The number of carbonyl (C=O) groups is 2. The summed E-state index contributed by atoms with van der Waals surface area (Å²) in [5.74, 6) is -0.360. The van der Waals surface area contributed by atoms with Gasteiger partial charge in [-0.25, -0.2) is 14.7 Å². The number of aromatic nitrogens is 3. The van der Waals surface area contributed by atoms with Crippen LogP contribution in [0.15, 0.2) is 35.3 Å². The predicted octanol–water partition coefficient (Wildman–Crippen LogP) is 4.19. The highest BCUT2D eigenvalue weighted by molar-refractivity contribution is 7.15. The molecule has 0 spiro atoms. The SMILES string of the molecule is CCc1cc2c(s1)-n1nc(C(=O)N3CCCC3)nc1C(OC(C)=O)N=C2c1ccccc1Cl. The van der Waals surface area contributed by atoms with Gasteiger partial charge in [-0.15, -0.1) is 16.4 Å². The number of esters is 1. The van der Waals surface area contributed by atoms with Crippen LogP contribution in [0.1, 0.15) is 65.4 Å². The lowest BCUT2D eigenvalue weighted by Crippen LogP contribution is -2.28. The molecule has 0 radical (unpaired) electrons. The predicted molar refractivity (Wildman–Crippen MR) is 125 cm³/mol. The summed E-state index contributed by atoms with van der Waals surface area (Å²) in [4.78, 5) is 37.2. The fourth-order valence-electron chi connectivity index (χ4n) is 4.07. The van der Waals surface area contributed by atoms with Gasteiger partial charge in [0.05, 0.1) is 5.71 Å². The summed E-state index contributed by atoms with van der Waals surface area (Å²) in [5.41, 5.74) is 2.13. The van der Waals surface area contributed by atoms with E-state index in [1.165, 1.54) is 6.92 Å². The number of amides is 1. The van der Waals surface area contributed by atoms with E-state index in [1.807, 2.05) is 24.3 Å². The maximum atomic E-state index is 13.0. The molecule has 5 rings (SSSR count). The first-order chi connectivity index (χ1) is 16.0. The van der Waals surface area contributed by atoms with Gasteiger partial charge >= 0.3 is 5.97 Å². The molecule has 10 heteroatoms. The monoisotopic (exact) mass is 483 g/mol. The lowest BCUT2D eigenvalue weighted by Gasteiger charge is -2.13. The highest BCUT2D eigenvalue weighted by Crippen LogP contribution is 2.37. The van der Waals surface area contributed by atoms with Crippen LogP contribution in [0.25, 0.3) is 5.00 Å². The van der Waals surface area contributed by atoms with E-state index in [2.05, 4.69) is 17.0 Å². The van der Waals surface area contributed by atoms with Crippen molar-refractivity contribution in [3.63, 3.8) is 0 Å². The summed E-state index contributed by atoms with van der Waals surface area (Å²) >= 11 is 8.07. The number of aryl methyl sites for hydroxylation is 1. The molecule has 1 unspecified atom stereocenters. The van der Waals surface area contributed by atoms with Gasteiger partial charge < -0.3 is 9.64 Å². The molecule has 1 atom stereocenters. The molecule has 170 valence electrons. The van der Waals surface area contributed by atoms with Gasteiger partial charge in [0.15, 0.2) is 5.82 Å². The minimum Gasteiger partial charge on any atom is -0.432 e. The number of benzene rings is 1. The highest BCUT2D eigenvalue weighted by atomic mass is 35.5.